The third-order valence-electron chi connectivity index (χ3n) is 6.06. The number of hydrogen-bond acceptors (Lipinski definition) is 4. The van der Waals surface area contributed by atoms with Crippen LogP contribution in [-0.2, 0) is 4.79 Å². The summed E-state index contributed by atoms with van der Waals surface area (Å²) in [5.74, 6) is 1.06. The highest BCUT2D eigenvalue weighted by atomic mass is 35.5. The molecule has 0 saturated carbocycles. The van der Waals surface area contributed by atoms with Crippen LogP contribution in [0.15, 0.2) is 84.1 Å². The van der Waals surface area contributed by atoms with Gasteiger partial charge in [0, 0.05) is 22.7 Å². The molecule has 0 bridgehead atoms. The molecule has 0 radical (unpaired) electrons. The molecule has 0 unspecified atom stereocenters. The smallest absolute Gasteiger partial charge is 0.163 e. The van der Waals surface area contributed by atoms with Crippen molar-refractivity contribution < 1.29 is 9.53 Å². The Morgan fingerprint density at radius 3 is 2.52 bits per heavy atom. The van der Waals surface area contributed by atoms with Crippen molar-refractivity contribution in [3.63, 3.8) is 0 Å². The van der Waals surface area contributed by atoms with E-state index in [0.29, 0.717) is 11.4 Å². The van der Waals surface area contributed by atoms with Crippen molar-refractivity contribution in [3.05, 3.63) is 100 Å². The average Bonchev–Trinajstić information content (AvgIpc) is 2.96. The molecule has 0 fully saturated rings. The number of rotatable bonds is 3. The first-order valence-electron chi connectivity index (χ1n) is 10.4. The zero-order valence-electron chi connectivity index (χ0n) is 17.2. The number of fused-ring (bicyclic) bond motifs is 1. The van der Waals surface area contributed by atoms with Crippen LogP contribution < -0.4 is 15.4 Å². The summed E-state index contributed by atoms with van der Waals surface area (Å²) in [5.41, 5.74) is 5.70. The number of ether oxygens (including phenoxy) is 1. The van der Waals surface area contributed by atoms with Crippen LogP contribution in [0.25, 0.3) is 0 Å². The van der Waals surface area contributed by atoms with E-state index in [9.17, 15) is 4.79 Å². The fraction of sp³-hybridized carbons (Fsp3) is 0.192. The number of anilines is 2. The quantitative estimate of drug-likeness (QED) is 0.509. The number of carbonyl (C=O) groups excluding carboxylic acids is 1. The van der Waals surface area contributed by atoms with E-state index < -0.39 is 0 Å². The number of hydrogen-bond donors (Lipinski definition) is 2. The Labute approximate surface area is 186 Å². The van der Waals surface area contributed by atoms with Crippen LogP contribution in [0.2, 0.25) is 5.02 Å². The molecule has 3 aromatic rings. The summed E-state index contributed by atoms with van der Waals surface area (Å²) in [6.45, 7) is 0. The Kier molecular flexibility index (Phi) is 5.16. The fourth-order valence-corrected chi connectivity index (χ4v) is 4.72. The van der Waals surface area contributed by atoms with E-state index in [1.54, 1.807) is 7.11 Å². The minimum atomic E-state index is -0.274. The number of carbonyl (C=O) groups is 1. The van der Waals surface area contributed by atoms with E-state index in [2.05, 4.69) is 22.8 Å². The molecule has 1 aliphatic heterocycles. The molecule has 3 aromatic carbocycles. The Balaban J connectivity index is 1.63. The van der Waals surface area contributed by atoms with E-state index in [1.165, 1.54) is 5.56 Å². The summed E-state index contributed by atoms with van der Waals surface area (Å²) in [5, 5.41) is 7.77. The number of ketones is 1. The monoisotopic (exact) mass is 430 g/mol. The highest BCUT2D eigenvalue weighted by molar-refractivity contribution is 6.31. The lowest BCUT2D eigenvalue weighted by Crippen LogP contribution is -2.26. The normalized spacial score (nSPS) is 20.1. The van der Waals surface area contributed by atoms with Crippen LogP contribution >= 0.6 is 11.6 Å². The highest BCUT2D eigenvalue weighted by Gasteiger charge is 2.36. The molecule has 0 aromatic heterocycles. The lowest BCUT2D eigenvalue weighted by molar-refractivity contribution is -0.116. The number of allylic oxidation sites excluding steroid dienone is 1. The first-order valence-corrected chi connectivity index (χ1v) is 10.8. The molecule has 1 heterocycles. The first kappa shape index (κ1) is 19.7. The number of benzene rings is 3. The summed E-state index contributed by atoms with van der Waals surface area (Å²) in [6.07, 6.45) is 1.25. The van der Waals surface area contributed by atoms with Crippen molar-refractivity contribution in [2.75, 3.05) is 17.7 Å². The predicted molar refractivity (Wildman–Crippen MR) is 125 cm³/mol. The fourth-order valence-electron chi connectivity index (χ4n) is 4.55. The van der Waals surface area contributed by atoms with Gasteiger partial charge < -0.3 is 15.4 Å². The number of Topliss-reactive ketones (excluding diaryl/α,β-unsaturated/α-hetero) is 1. The zero-order chi connectivity index (χ0) is 21.4. The van der Waals surface area contributed by atoms with Gasteiger partial charge in [-0.3, -0.25) is 4.79 Å². The summed E-state index contributed by atoms with van der Waals surface area (Å²) in [7, 11) is 1.65. The molecule has 1 aliphatic carbocycles. The zero-order valence-corrected chi connectivity index (χ0v) is 17.9. The molecule has 31 heavy (non-hydrogen) atoms. The van der Waals surface area contributed by atoms with Gasteiger partial charge in [0.15, 0.2) is 5.78 Å². The van der Waals surface area contributed by atoms with Gasteiger partial charge in [0.05, 0.1) is 24.5 Å². The van der Waals surface area contributed by atoms with Crippen molar-refractivity contribution in [3.8, 4) is 5.75 Å². The van der Waals surface area contributed by atoms with Gasteiger partial charge >= 0.3 is 0 Å². The molecule has 5 rings (SSSR count). The standard InChI is InChI=1S/C26H23ClN2O2/c1-31-20-9-5-8-17(12-20)26-25-23(28-22-15-19(27)10-11-21(22)29-26)13-18(14-24(25)30)16-6-3-2-4-7-16/h2-12,15,18,26,28-29H,13-14H2,1H3/t18-,26-/m0/s1. The minimum Gasteiger partial charge on any atom is -0.497 e. The van der Waals surface area contributed by atoms with Crippen molar-refractivity contribution >= 4 is 28.8 Å². The number of methoxy groups -OCH3 is 1. The molecule has 2 atom stereocenters. The maximum absolute atomic E-state index is 13.5. The van der Waals surface area contributed by atoms with Crippen LogP contribution in [0.4, 0.5) is 11.4 Å². The molecule has 0 spiro atoms. The lowest BCUT2D eigenvalue weighted by atomic mass is 9.78. The second-order valence-electron chi connectivity index (χ2n) is 8.00. The summed E-state index contributed by atoms with van der Waals surface area (Å²) < 4.78 is 5.44. The second-order valence-corrected chi connectivity index (χ2v) is 8.44. The third-order valence-corrected chi connectivity index (χ3v) is 6.30. The van der Waals surface area contributed by atoms with Crippen LogP contribution in [0.5, 0.6) is 5.75 Å². The van der Waals surface area contributed by atoms with Crippen molar-refractivity contribution in [1.82, 2.24) is 0 Å². The van der Waals surface area contributed by atoms with Gasteiger partial charge in [-0.25, -0.2) is 0 Å². The molecule has 0 saturated heterocycles. The van der Waals surface area contributed by atoms with Gasteiger partial charge in [-0.05, 0) is 53.8 Å². The molecular weight excluding hydrogens is 408 g/mol. The van der Waals surface area contributed by atoms with Crippen LogP contribution in [0.1, 0.15) is 35.9 Å². The SMILES string of the molecule is COc1cccc([C@@H]2Nc3ccc(Cl)cc3NC3=C2C(=O)C[C@@H](c2ccccc2)C3)c1. The van der Waals surface area contributed by atoms with E-state index in [0.717, 1.165) is 40.4 Å². The van der Waals surface area contributed by atoms with E-state index >= 15 is 0 Å². The summed E-state index contributed by atoms with van der Waals surface area (Å²) >= 11 is 6.28. The van der Waals surface area contributed by atoms with E-state index in [-0.39, 0.29) is 17.7 Å². The minimum absolute atomic E-state index is 0.145. The second kappa shape index (κ2) is 8.12. The van der Waals surface area contributed by atoms with Gasteiger partial charge in [0.2, 0.25) is 0 Å². The summed E-state index contributed by atoms with van der Waals surface area (Å²) in [4.78, 5) is 13.5. The van der Waals surface area contributed by atoms with Crippen molar-refractivity contribution in [1.29, 1.82) is 0 Å². The Morgan fingerprint density at radius 2 is 1.71 bits per heavy atom. The molecule has 0 amide bonds. The highest BCUT2D eigenvalue weighted by Crippen LogP contribution is 2.45. The van der Waals surface area contributed by atoms with Crippen LogP contribution in [0, 0.1) is 0 Å². The van der Waals surface area contributed by atoms with Crippen LogP contribution in [-0.4, -0.2) is 12.9 Å². The third kappa shape index (κ3) is 3.79. The molecule has 4 nitrogen and oxygen atoms in total. The number of nitrogens with one attached hydrogen (secondary N) is 2. The van der Waals surface area contributed by atoms with E-state index in [4.69, 9.17) is 16.3 Å². The van der Waals surface area contributed by atoms with Crippen LogP contribution in [0.3, 0.4) is 0 Å². The lowest BCUT2D eigenvalue weighted by Gasteiger charge is -2.30. The van der Waals surface area contributed by atoms with Crippen molar-refractivity contribution in [2.24, 2.45) is 0 Å². The van der Waals surface area contributed by atoms with Gasteiger partial charge in [0.1, 0.15) is 5.75 Å². The van der Waals surface area contributed by atoms with Gasteiger partial charge in [-0.15, -0.1) is 0 Å². The summed E-state index contributed by atoms with van der Waals surface area (Å²) in [6, 6.07) is 23.6. The Hall–Kier alpha value is -3.24. The maximum atomic E-state index is 13.5. The maximum Gasteiger partial charge on any atom is 0.163 e. The largest absolute Gasteiger partial charge is 0.497 e. The topological polar surface area (TPSA) is 50.4 Å². The Bertz CT molecular complexity index is 1170. The first-order chi connectivity index (χ1) is 15.1. The van der Waals surface area contributed by atoms with Gasteiger partial charge in [0.25, 0.3) is 0 Å². The van der Waals surface area contributed by atoms with E-state index in [1.807, 2.05) is 60.7 Å². The Morgan fingerprint density at radius 1 is 0.903 bits per heavy atom. The molecule has 2 N–H and O–H groups in total. The van der Waals surface area contributed by atoms with Gasteiger partial charge in [-0.1, -0.05) is 54.1 Å². The molecule has 5 heteroatoms. The average molecular weight is 431 g/mol. The van der Waals surface area contributed by atoms with Gasteiger partial charge in [-0.2, -0.15) is 0 Å². The molecular formula is C26H23ClN2O2. The van der Waals surface area contributed by atoms with Crippen molar-refractivity contribution in [2.45, 2.75) is 24.8 Å². The molecule has 2 aliphatic rings. The predicted octanol–water partition coefficient (Wildman–Crippen LogP) is 6.33. The number of halogens is 1. The molecule has 156 valence electrons.